The van der Waals surface area contributed by atoms with Crippen molar-refractivity contribution in [2.24, 2.45) is 10.7 Å². The van der Waals surface area contributed by atoms with Crippen molar-refractivity contribution in [3.05, 3.63) is 12.7 Å². The van der Waals surface area contributed by atoms with Gasteiger partial charge in [-0.1, -0.05) is 6.58 Å². The number of urea groups is 1. The minimum absolute atomic E-state index is 0.0233. The van der Waals surface area contributed by atoms with Gasteiger partial charge in [-0.2, -0.15) is 4.99 Å². The highest BCUT2D eigenvalue weighted by molar-refractivity contribution is 5.99. The van der Waals surface area contributed by atoms with Crippen molar-refractivity contribution in [1.29, 1.82) is 0 Å². The number of hydrogen-bond acceptors (Lipinski definition) is 4. The van der Waals surface area contributed by atoms with Gasteiger partial charge in [-0.25, -0.2) is 4.79 Å². The van der Waals surface area contributed by atoms with Crippen LogP contribution in [0.4, 0.5) is 4.79 Å². The maximum Gasteiger partial charge on any atom is 0.347 e. The van der Waals surface area contributed by atoms with Crippen LogP contribution in [0, 0.1) is 0 Å². The van der Waals surface area contributed by atoms with Gasteiger partial charge < -0.3 is 20.7 Å². The number of aliphatic imine (C=N–C) groups is 1. The molecule has 0 aliphatic carbocycles. The summed E-state index contributed by atoms with van der Waals surface area (Å²) in [6.45, 7) is 3.33. The largest absolute Gasteiger partial charge is 0.388 e. The van der Waals surface area contributed by atoms with Crippen LogP contribution in [0.3, 0.4) is 0 Å². The summed E-state index contributed by atoms with van der Waals surface area (Å²) in [7, 11) is 1.40. The van der Waals surface area contributed by atoms with E-state index in [0.717, 1.165) is 4.90 Å². The molecule has 1 aliphatic rings. The van der Waals surface area contributed by atoms with Gasteiger partial charge >= 0.3 is 6.03 Å². The molecule has 3 atom stereocenters. The van der Waals surface area contributed by atoms with Crippen molar-refractivity contribution < 1.29 is 19.7 Å². The summed E-state index contributed by atoms with van der Waals surface area (Å²) in [6.07, 6.45) is -1.83. The molecule has 7 nitrogen and oxygen atoms in total. The van der Waals surface area contributed by atoms with E-state index >= 15 is 0 Å². The Hall–Kier alpha value is -1.44. The van der Waals surface area contributed by atoms with Gasteiger partial charge in [0.25, 0.3) is 0 Å². The summed E-state index contributed by atoms with van der Waals surface area (Å²) in [5.41, 5.74) is 5.30. The second-order valence-electron chi connectivity index (χ2n) is 3.42. The van der Waals surface area contributed by atoms with Gasteiger partial charge in [0.05, 0.1) is 6.61 Å². The van der Waals surface area contributed by atoms with Crippen molar-refractivity contribution in [1.82, 2.24) is 4.90 Å². The summed E-state index contributed by atoms with van der Waals surface area (Å²) < 4.78 is 5.04. The van der Waals surface area contributed by atoms with Crippen molar-refractivity contribution in [2.75, 3.05) is 13.7 Å². The third-order valence-corrected chi connectivity index (χ3v) is 2.24. The molecule has 0 spiro atoms. The summed E-state index contributed by atoms with van der Waals surface area (Å²) in [4.78, 5) is 16.0. The topological polar surface area (TPSA) is 108 Å². The molecule has 0 aromatic rings. The molecule has 0 bridgehead atoms. The number of aliphatic hydroxyl groups is 2. The highest BCUT2D eigenvalue weighted by Crippen LogP contribution is 2.17. The zero-order chi connectivity index (χ0) is 12.3. The predicted molar refractivity (Wildman–Crippen MR) is 56.7 cm³/mol. The summed E-state index contributed by atoms with van der Waals surface area (Å²) >= 11 is 0. The number of carbonyl (C=O) groups excluding carboxylic acids is 1. The molecule has 1 saturated heterocycles. The number of rotatable bonds is 2. The molecule has 90 valence electrons. The number of hydrogen-bond donors (Lipinski definition) is 3. The minimum Gasteiger partial charge on any atom is -0.388 e. The van der Waals surface area contributed by atoms with Gasteiger partial charge in [0.15, 0.2) is 6.23 Å². The highest BCUT2D eigenvalue weighted by atomic mass is 16.5. The monoisotopic (exact) mass is 229 g/mol. The zero-order valence-corrected chi connectivity index (χ0v) is 8.91. The fourth-order valence-corrected chi connectivity index (χ4v) is 1.27. The highest BCUT2D eigenvalue weighted by Gasteiger charge is 2.38. The van der Waals surface area contributed by atoms with E-state index in [-0.39, 0.29) is 12.4 Å². The van der Waals surface area contributed by atoms with E-state index in [0.29, 0.717) is 0 Å². The Morgan fingerprint density at radius 3 is 2.75 bits per heavy atom. The standard InChI is InChI=1S/C9H15N3O4/c1-3-6(10)11-9(15)12(2)8-7(14)5(13)4-16-8/h3,5,7-8,13-14H,1,4H2,2H3,(H2,10,11,15). The summed E-state index contributed by atoms with van der Waals surface area (Å²) in [6, 6.07) is -0.671. The van der Waals surface area contributed by atoms with E-state index in [2.05, 4.69) is 11.6 Å². The Balaban J connectivity index is 2.68. The molecule has 1 fully saturated rings. The van der Waals surface area contributed by atoms with Crippen LogP contribution in [0.15, 0.2) is 17.6 Å². The first kappa shape index (κ1) is 12.6. The second-order valence-corrected chi connectivity index (χ2v) is 3.42. The fraction of sp³-hybridized carbons (Fsp3) is 0.556. The zero-order valence-electron chi connectivity index (χ0n) is 8.91. The van der Waals surface area contributed by atoms with E-state index in [1.165, 1.54) is 13.1 Å². The van der Waals surface area contributed by atoms with E-state index < -0.39 is 24.5 Å². The maximum absolute atomic E-state index is 11.5. The number of amidine groups is 1. The molecule has 0 aromatic heterocycles. The lowest BCUT2D eigenvalue weighted by Gasteiger charge is -2.24. The summed E-state index contributed by atoms with van der Waals surface area (Å²) in [5, 5.41) is 18.7. The van der Waals surface area contributed by atoms with Crippen molar-refractivity contribution in [3.8, 4) is 0 Å². The molecule has 3 unspecified atom stereocenters. The Morgan fingerprint density at radius 1 is 1.69 bits per heavy atom. The second kappa shape index (κ2) is 5.06. The third-order valence-electron chi connectivity index (χ3n) is 2.24. The lowest BCUT2D eigenvalue weighted by Crippen LogP contribution is -2.44. The van der Waals surface area contributed by atoms with Gasteiger partial charge in [0.1, 0.15) is 18.0 Å². The molecule has 16 heavy (non-hydrogen) atoms. The van der Waals surface area contributed by atoms with E-state index in [9.17, 15) is 15.0 Å². The molecule has 7 heteroatoms. The van der Waals surface area contributed by atoms with E-state index in [4.69, 9.17) is 10.5 Å². The Labute approximate surface area is 92.8 Å². The Morgan fingerprint density at radius 2 is 2.31 bits per heavy atom. The molecule has 0 aromatic carbocycles. The van der Waals surface area contributed by atoms with E-state index in [1.54, 1.807) is 0 Å². The molecule has 0 radical (unpaired) electrons. The van der Waals surface area contributed by atoms with Gasteiger partial charge in [-0.05, 0) is 6.08 Å². The Kier molecular flexibility index (Phi) is 3.99. The fourth-order valence-electron chi connectivity index (χ4n) is 1.27. The molecule has 2 amide bonds. The van der Waals surface area contributed by atoms with Gasteiger partial charge in [0, 0.05) is 7.05 Å². The summed E-state index contributed by atoms with van der Waals surface area (Å²) in [5.74, 6) is -0.0233. The molecule has 1 heterocycles. The molecule has 4 N–H and O–H groups in total. The van der Waals surface area contributed by atoms with Crippen molar-refractivity contribution in [3.63, 3.8) is 0 Å². The SMILES string of the molecule is C=C/C(N)=N\C(=O)N(C)C1OCC(O)C1O. The molecule has 1 rings (SSSR count). The smallest absolute Gasteiger partial charge is 0.347 e. The molecule has 1 aliphatic heterocycles. The molecule has 0 saturated carbocycles. The minimum atomic E-state index is -1.14. The first-order chi connectivity index (χ1) is 7.47. The van der Waals surface area contributed by atoms with Crippen LogP contribution < -0.4 is 5.73 Å². The van der Waals surface area contributed by atoms with Gasteiger partial charge in [-0.3, -0.25) is 4.90 Å². The van der Waals surface area contributed by atoms with Crippen LogP contribution in [0.2, 0.25) is 0 Å². The van der Waals surface area contributed by atoms with Crippen LogP contribution in [0.5, 0.6) is 0 Å². The number of aliphatic hydroxyl groups excluding tert-OH is 2. The normalized spacial score (nSPS) is 30.2. The van der Waals surface area contributed by atoms with Crippen LogP contribution in [-0.2, 0) is 4.74 Å². The van der Waals surface area contributed by atoms with Crippen LogP contribution in [-0.4, -0.2) is 59.1 Å². The quantitative estimate of drug-likeness (QED) is 0.401. The average molecular weight is 229 g/mol. The molecular weight excluding hydrogens is 214 g/mol. The van der Waals surface area contributed by atoms with Gasteiger partial charge in [0.2, 0.25) is 0 Å². The lowest BCUT2D eigenvalue weighted by molar-refractivity contribution is -0.0419. The predicted octanol–water partition coefficient (Wildman–Crippen LogP) is -1.34. The Bertz CT molecular complexity index is 318. The van der Waals surface area contributed by atoms with Gasteiger partial charge in [-0.15, -0.1) is 0 Å². The van der Waals surface area contributed by atoms with E-state index in [1.807, 2.05) is 0 Å². The number of nitrogens with two attached hydrogens (primary N) is 1. The average Bonchev–Trinajstić information content (AvgIpc) is 2.58. The molecular formula is C9H15N3O4. The third kappa shape index (κ3) is 2.57. The first-order valence-corrected chi connectivity index (χ1v) is 4.68. The first-order valence-electron chi connectivity index (χ1n) is 4.68. The van der Waals surface area contributed by atoms with Crippen molar-refractivity contribution >= 4 is 11.9 Å². The van der Waals surface area contributed by atoms with Crippen LogP contribution >= 0.6 is 0 Å². The van der Waals surface area contributed by atoms with Crippen LogP contribution in [0.25, 0.3) is 0 Å². The number of carbonyl (C=O) groups is 1. The maximum atomic E-state index is 11.5. The number of amides is 2. The lowest BCUT2D eigenvalue weighted by atomic mass is 10.2. The number of ether oxygens (including phenoxy) is 1. The number of likely N-dealkylation sites (N-methyl/N-ethyl adjacent to an activating group) is 1. The van der Waals surface area contributed by atoms with Crippen molar-refractivity contribution in [2.45, 2.75) is 18.4 Å². The van der Waals surface area contributed by atoms with Crippen LogP contribution in [0.1, 0.15) is 0 Å². The number of nitrogens with zero attached hydrogens (tertiary/aromatic N) is 2.